The van der Waals surface area contributed by atoms with E-state index in [1.54, 1.807) is 0 Å². The summed E-state index contributed by atoms with van der Waals surface area (Å²) in [7, 11) is 0. The molecule has 1 aromatic rings. The van der Waals surface area contributed by atoms with Crippen molar-refractivity contribution in [3.63, 3.8) is 0 Å². The molecular weight excluding hydrogens is 578 g/mol. The molecule has 47 heavy (non-hydrogen) atoms. The standard InChI is InChI=1S/C43H77NO3/c1-8-11-14-15-16-17-18-19-20-21-22-23-24-27-31-43(7)32-30-39-38(6)41(36(4)37(5)42(39)47-43)46-35-28-25-26-29-40(45)44(33-12-9-2)34-13-10-3/h8-35H2,1-7H3. The fourth-order valence-electron chi connectivity index (χ4n) is 7.31. The van der Waals surface area contributed by atoms with Crippen molar-refractivity contribution in [2.45, 2.75) is 215 Å². The monoisotopic (exact) mass is 656 g/mol. The van der Waals surface area contributed by atoms with Crippen LogP contribution in [0.2, 0.25) is 0 Å². The topological polar surface area (TPSA) is 38.8 Å². The third-order valence-corrected chi connectivity index (χ3v) is 10.8. The van der Waals surface area contributed by atoms with Gasteiger partial charge in [0.25, 0.3) is 0 Å². The van der Waals surface area contributed by atoms with Gasteiger partial charge < -0.3 is 14.4 Å². The summed E-state index contributed by atoms with van der Waals surface area (Å²) in [6.07, 6.45) is 31.0. The first-order valence-corrected chi connectivity index (χ1v) is 20.5. The van der Waals surface area contributed by atoms with E-state index in [1.807, 2.05) is 0 Å². The number of amides is 1. The summed E-state index contributed by atoms with van der Waals surface area (Å²) in [6, 6.07) is 0. The van der Waals surface area contributed by atoms with Crippen LogP contribution in [0.3, 0.4) is 0 Å². The zero-order chi connectivity index (χ0) is 34.3. The summed E-state index contributed by atoms with van der Waals surface area (Å²) in [5.74, 6) is 2.52. The lowest BCUT2D eigenvalue weighted by atomic mass is 9.84. The Balaban J connectivity index is 1.69. The molecule has 4 heteroatoms. The van der Waals surface area contributed by atoms with E-state index < -0.39 is 0 Å². The summed E-state index contributed by atoms with van der Waals surface area (Å²) in [5.41, 5.74) is 5.03. The van der Waals surface area contributed by atoms with Crippen LogP contribution in [-0.4, -0.2) is 36.1 Å². The summed E-state index contributed by atoms with van der Waals surface area (Å²) >= 11 is 0. The quantitative estimate of drug-likeness (QED) is 0.0843. The minimum Gasteiger partial charge on any atom is -0.493 e. The second-order valence-electron chi connectivity index (χ2n) is 15.2. The molecular formula is C43H77NO3. The number of hydrogen-bond donors (Lipinski definition) is 0. The van der Waals surface area contributed by atoms with Gasteiger partial charge in [-0.15, -0.1) is 0 Å². The van der Waals surface area contributed by atoms with Crippen LogP contribution in [0, 0.1) is 20.8 Å². The minimum atomic E-state index is -0.0593. The maximum atomic E-state index is 12.8. The molecule has 0 aromatic heterocycles. The smallest absolute Gasteiger partial charge is 0.222 e. The molecule has 0 saturated heterocycles. The average Bonchev–Trinajstić information content (AvgIpc) is 3.06. The number of rotatable bonds is 28. The second kappa shape index (κ2) is 24.4. The van der Waals surface area contributed by atoms with Crippen molar-refractivity contribution in [2.24, 2.45) is 0 Å². The lowest BCUT2D eigenvalue weighted by Crippen LogP contribution is -2.37. The Morgan fingerprint density at radius 3 is 1.72 bits per heavy atom. The average molecular weight is 656 g/mol. The van der Waals surface area contributed by atoms with Gasteiger partial charge in [0.2, 0.25) is 5.91 Å². The van der Waals surface area contributed by atoms with Gasteiger partial charge in [-0.3, -0.25) is 4.79 Å². The molecule has 4 nitrogen and oxygen atoms in total. The van der Waals surface area contributed by atoms with Crippen LogP contribution in [-0.2, 0) is 11.2 Å². The lowest BCUT2D eigenvalue weighted by molar-refractivity contribution is -0.131. The molecule has 0 radical (unpaired) electrons. The largest absolute Gasteiger partial charge is 0.493 e. The molecule has 1 atom stereocenters. The van der Waals surface area contributed by atoms with Gasteiger partial charge in [-0.2, -0.15) is 0 Å². The molecule has 272 valence electrons. The Labute approximate surface area is 292 Å². The Morgan fingerprint density at radius 2 is 1.17 bits per heavy atom. The van der Waals surface area contributed by atoms with E-state index in [2.05, 4.69) is 53.4 Å². The van der Waals surface area contributed by atoms with Crippen molar-refractivity contribution >= 4 is 5.91 Å². The summed E-state index contributed by atoms with van der Waals surface area (Å²) in [4.78, 5) is 14.9. The van der Waals surface area contributed by atoms with Crippen LogP contribution in [0.25, 0.3) is 0 Å². The van der Waals surface area contributed by atoms with E-state index in [0.29, 0.717) is 18.9 Å². The predicted octanol–water partition coefficient (Wildman–Crippen LogP) is 12.9. The normalized spacial score (nSPS) is 15.8. The fourth-order valence-corrected chi connectivity index (χ4v) is 7.31. The minimum absolute atomic E-state index is 0.0593. The maximum absolute atomic E-state index is 12.8. The van der Waals surface area contributed by atoms with Crippen LogP contribution in [0.1, 0.15) is 204 Å². The van der Waals surface area contributed by atoms with Crippen molar-refractivity contribution in [3.05, 3.63) is 22.3 Å². The van der Waals surface area contributed by atoms with Crippen LogP contribution >= 0.6 is 0 Å². The number of fused-ring (bicyclic) bond motifs is 1. The van der Waals surface area contributed by atoms with Crippen molar-refractivity contribution < 1.29 is 14.3 Å². The van der Waals surface area contributed by atoms with Crippen molar-refractivity contribution in [2.75, 3.05) is 19.7 Å². The summed E-state index contributed by atoms with van der Waals surface area (Å²) in [6.45, 7) is 18.2. The van der Waals surface area contributed by atoms with Gasteiger partial charge in [0, 0.05) is 25.1 Å². The van der Waals surface area contributed by atoms with Gasteiger partial charge in [-0.25, -0.2) is 0 Å². The first-order chi connectivity index (χ1) is 22.8. The van der Waals surface area contributed by atoms with E-state index in [-0.39, 0.29) is 5.60 Å². The molecule has 1 unspecified atom stereocenters. The van der Waals surface area contributed by atoms with Gasteiger partial charge in [0.1, 0.15) is 17.1 Å². The van der Waals surface area contributed by atoms with E-state index in [9.17, 15) is 4.79 Å². The van der Waals surface area contributed by atoms with Crippen LogP contribution < -0.4 is 9.47 Å². The maximum Gasteiger partial charge on any atom is 0.222 e. The third kappa shape index (κ3) is 15.6. The molecule has 1 aliphatic rings. The van der Waals surface area contributed by atoms with E-state index in [4.69, 9.17) is 9.47 Å². The highest BCUT2D eigenvalue weighted by Crippen LogP contribution is 2.45. The van der Waals surface area contributed by atoms with Crippen LogP contribution in [0.4, 0.5) is 0 Å². The molecule has 1 amide bonds. The highest BCUT2D eigenvalue weighted by atomic mass is 16.5. The van der Waals surface area contributed by atoms with Gasteiger partial charge in [-0.05, 0) is 102 Å². The van der Waals surface area contributed by atoms with Crippen molar-refractivity contribution in [3.8, 4) is 11.5 Å². The van der Waals surface area contributed by atoms with Gasteiger partial charge in [0.15, 0.2) is 0 Å². The number of hydrogen-bond acceptors (Lipinski definition) is 3. The number of nitrogens with zero attached hydrogens (tertiary/aromatic N) is 1. The zero-order valence-electron chi connectivity index (χ0n) is 32.5. The second-order valence-corrected chi connectivity index (χ2v) is 15.2. The Kier molecular flexibility index (Phi) is 21.5. The van der Waals surface area contributed by atoms with Gasteiger partial charge in [-0.1, -0.05) is 117 Å². The number of unbranched alkanes of at least 4 members (excludes halogenated alkanes) is 17. The van der Waals surface area contributed by atoms with Crippen molar-refractivity contribution in [1.82, 2.24) is 4.90 Å². The van der Waals surface area contributed by atoms with Crippen LogP contribution in [0.5, 0.6) is 11.5 Å². The van der Waals surface area contributed by atoms with E-state index in [0.717, 1.165) is 88.8 Å². The highest BCUT2D eigenvalue weighted by molar-refractivity contribution is 5.76. The molecule has 1 heterocycles. The lowest BCUT2D eigenvalue weighted by Gasteiger charge is -2.38. The first-order valence-electron chi connectivity index (χ1n) is 20.5. The number of carbonyl (C=O) groups is 1. The highest BCUT2D eigenvalue weighted by Gasteiger charge is 2.34. The molecule has 1 aromatic carbocycles. The molecule has 2 rings (SSSR count). The predicted molar refractivity (Wildman–Crippen MR) is 203 cm³/mol. The summed E-state index contributed by atoms with van der Waals surface area (Å²) < 4.78 is 13.3. The molecule has 0 N–H and O–H groups in total. The van der Waals surface area contributed by atoms with Gasteiger partial charge >= 0.3 is 0 Å². The number of carbonyl (C=O) groups excluding carboxylic acids is 1. The zero-order valence-corrected chi connectivity index (χ0v) is 32.5. The Morgan fingerprint density at radius 1 is 0.660 bits per heavy atom. The molecule has 0 bridgehead atoms. The molecule has 0 fully saturated rings. The molecule has 1 aliphatic heterocycles. The van der Waals surface area contributed by atoms with E-state index >= 15 is 0 Å². The fraction of sp³-hybridized carbons (Fsp3) is 0.837. The summed E-state index contributed by atoms with van der Waals surface area (Å²) in [5, 5.41) is 0. The number of benzene rings is 1. The Bertz CT molecular complexity index is 980. The molecule has 0 spiro atoms. The SMILES string of the molecule is CCCCCCCCCCCCCCCCC1(C)CCc2c(C)c(OCCCCCC(=O)N(CCCC)CCCC)c(C)c(C)c2O1. The van der Waals surface area contributed by atoms with Gasteiger partial charge in [0.05, 0.1) is 6.61 Å². The molecule has 0 aliphatic carbocycles. The van der Waals surface area contributed by atoms with Crippen molar-refractivity contribution in [1.29, 1.82) is 0 Å². The first kappa shape index (κ1) is 41.5. The third-order valence-electron chi connectivity index (χ3n) is 10.8. The number of ether oxygens (including phenoxy) is 2. The van der Waals surface area contributed by atoms with E-state index in [1.165, 1.54) is 112 Å². The van der Waals surface area contributed by atoms with Crippen LogP contribution in [0.15, 0.2) is 0 Å². The Hall–Kier alpha value is -1.71. The molecule has 0 saturated carbocycles.